The average molecular weight is 354 g/mol. The van der Waals surface area contributed by atoms with Crippen molar-refractivity contribution >= 4 is 17.5 Å². The molecule has 26 heavy (non-hydrogen) atoms. The van der Waals surface area contributed by atoms with Crippen LogP contribution in [0.4, 0.5) is 5.69 Å². The van der Waals surface area contributed by atoms with Gasteiger partial charge < -0.3 is 15.0 Å². The molecule has 0 aromatic heterocycles. The standard InChI is InChI=1S/C21H26N2O3/c1-4-26-20-11-9-19(10-12-20)23(17(3)24)14-13-21(25)22-15-18-8-6-5-7-16(18)2/h5-12H,4,13-15H2,1-3H3,(H,22,25). The van der Waals surface area contributed by atoms with Crippen molar-refractivity contribution in [1.29, 1.82) is 0 Å². The highest BCUT2D eigenvalue weighted by atomic mass is 16.5. The summed E-state index contributed by atoms with van der Waals surface area (Å²) in [6.07, 6.45) is 0.249. The zero-order valence-electron chi connectivity index (χ0n) is 15.6. The Kier molecular flexibility index (Phi) is 7.21. The first-order chi connectivity index (χ1) is 12.5. The van der Waals surface area contributed by atoms with Crippen LogP contribution in [-0.2, 0) is 16.1 Å². The lowest BCUT2D eigenvalue weighted by molar-refractivity contribution is -0.121. The molecular weight excluding hydrogens is 328 g/mol. The molecule has 0 aliphatic rings. The number of nitrogens with one attached hydrogen (secondary N) is 1. The molecule has 2 aromatic rings. The van der Waals surface area contributed by atoms with E-state index in [2.05, 4.69) is 5.32 Å². The second kappa shape index (κ2) is 9.61. The molecule has 138 valence electrons. The Morgan fingerprint density at radius 2 is 1.77 bits per heavy atom. The third kappa shape index (κ3) is 5.62. The van der Waals surface area contributed by atoms with Crippen LogP contribution < -0.4 is 15.0 Å². The summed E-state index contributed by atoms with van der Waals surface area (Å²) in [5.41, 5.74) is 3.00. The summed E-state index contributed by atoms with van der Waals surface area (Å²) in [5.74, 6) is 0.585. The summed E-state index contributed by atoms with van der Waals surface area (Å²) in [4.78, 5) is 25.7. The van der Waals surface area contributed by atoms with Crippen LogP contribution in [-0.4, -0.2) is 25.0 Å². The van der Waals surface area contributed by atoms with E-state index in [1.807, 2.05) is 62.4 Å². The molecule has 5 nitrogen and oxygen atoms in total. The lowest BCUT2D eigenvalue weighted by Crippen LogP contribution is -2.33. The molecule has 0 radical (unpaired) electrons. The predicted octanol–water partition coefficient (Wildman–Crippen LogP) is 3.45. The molecule has 0 saturated heterocycles. The molecule has 0 unspecified atom stereocenters. The topological polar surface area (TPSA) is 58.6 Å². The highest BCUT2D eigenvalue weighted by Gasteiger charge is 2.13. The number of ether oxygens (including phenoxy) is 1. The number of rotatable bonds is 8. The largest absolute Gasteiger partial charge is 0.494 e. The average Bonchev–Trinajstić information content (AvgIpc) is 2.62. The fraction of sp³-hybridized carbons (Fsp3) is 0.333. The van der Waals surface area contributed by atoms with Crippen LogP contribution in [0.1, 0.15) is 31.4 Å². The summed E-state index contributed by atoms with van der Waals surface area (Å²) < 4.78 is 5.42. The molecule has 0 saturated carbocycles. The highest BCUT2D eigenvalue weighted by Crippen LogP contribution is 2.20. The first-order valence-corrected chi connectivity index (χ1v) is 8.83. The monoisotopic (exact) mass is 354 g/mol. The summed E-state index contributed by atoms with van der Waals surface area (Å²) in [6, 6.07) is 15.3. The van der Waals surface area contributed by atoms with Gasteiger partial charge in [0.05, 0.1) is 6.61 Å². The zero-order chi connectivity index (χ0) is 18.9. The first-order valence-electron chi connectivity index (χ1n) is 8.83. The molecule has 0 atom stereocenters. The lowest BCUT2D eigenvalue weighted by Gasteiger charge is -2.21. The van der Waals surface area contributed by atoms with E-state index in [0.717, 1.165) is 22.6 Å². The molecular formula is C21H26N2O3. The van der Waals surface area contributed by atoms with E-state index in [1.54, 1.807) is 4.90 Å². The van der Waals surface area contributed by atoms with Gasteiger partial charge in [-0.2, -0.15) is 0 Å². The fourth-order valence-electron chi connectivity index (χ4n) is 2.66. The van der Waals surface area contributed by atoms with Gasteiger partial charge in [-0.1, -0.05) is 24.3 Å². The zero-order valence-corrected chi connectivity index (χ0v) is 15.6. The van der Waals surface area contributed by atoms with Crippen molar-refractivity contribution in [2.24, 2.45) is 0 Å². The molecule has 1 N–H and O–H groups in total. The number of anilines is 1. The SMILES string of the molecule is CCOc1ccc(N(CCC(=O)NCc2ccccc2C)C(C)=O)cc1. The number of carbonyl (C=O) groups is 2. The van der Waals surface area contributed by atoms with E-state index in [-0.39, 0.29) is 18.2 Å². The van der Waals surface area contributed by atoms with Crippen LogP contribution in [0.2, 0.25) is 0 Å². The number of nitrogens with zero attached hydrogens (tertiary/aromatic N) is 1. The van der Waals surface area contributed by atoms with Crippen LogP contribution in [0.5, 0.6) is 5.75 Å². The fourth-order valence-corrected chi connectivity index (χ4v) is 2.66. The summed E-state index contributed by atoms with van der Waals surface area (Å²) in [7, 11) is 0. The minimum atomic E-state index is -0.0964. The van der Waals surface area contributed by atoms with Gasteiger partial charge in [0, 0.05) is 32.1 Å². The number of hydrogen-bond donors (Lipinski definition) is 1. The number of hydrogen-bond acceptors (Lipinski definition) is 3. The minimum absolute atomic E-state index is 0.0783. The van der Waals surface area contributed by atoms with Crippen LogP contribution in [0, 0.1) is 6.92 Å². The second-order valence-corrected chi connectivity index (χ2v) is 6.05. The van der Waals surface area contributed by atoms with E-state index < -0.39 is 0 Å². The highest BCUT2D eigenvalue weighted by molar-refractivity contribution is 5.92. The molecule has 0 bridgehead atoms. The van der Waals surface area contributed by atoms with Crippen molar-refractivity contribution in [3.05, 3.63) is 59.7 Å². The minimum Gasteiger partial charge on any atom is -0.494 e. The van der Waals surface area contributed by atoms with Crippen molar-refractivity contribution in [3.8, 4) is 5.75 Å². The van der Waals surface area contributed by atoms with Crippen molar-refractivity contribution in [2.45, 2.75) is 33.7 Å². The number of carbonyl (C=O) groups excluding carboxylic acids is 2. The summed E-state index contributed by atoms with van der Waals surface area (Å²) in [5, 5.41) is 2.91. The van der Waals surface area contributed by atoms with Crippen molar-refractivity contribution in [3.63, 3.8) is 0 Å². The van der Waals surface area contributed by atoms with E-state index in [1.165, 1.54) is 6.92 Å². The van der Waals surface area contributed by atoms with Crippen molar-refractivity contribution in [2.75, 3.05) is 18.1 Å². The lowest BCUT2D eigenvalue weighted by atomic mass is 10.1. The maximum atomic E-state index is 12.2. The van der Waals surface area contributed by atoms with E-state index >= 15 is 0 Å². The number of benzene rings is 2. The predicted molar refractivity (Wildman–Crippen MR) is 103 cm³/mol. The Hall–Kier alpha value is -2.82. The molecule has 5 heteroatoms. The molecule has 0 aliphatic heterocycles. The van der Waals surface area contributed by atoms with Gasteiger partial charge in [-0.15, -0.1) is 0 Å². The van der Waals surface area contributed by atoms with Gasteiger partial charge in [-0.3, -0.25) is 9.59 Å². The van der Waals surface area contributed by atoms with Gasteiger partial charge in [-0.25, -0.2) is 0 Å². The molecule has 2 amide bonds. The van der Waals surface area contributed by atoms with Gasteiger partial charge in [0.2, 0.25) is 11.8 Å². The van der Waals surface area contributed by atoms with E-state index in [4.69, 9.17) is 4.74 Å². The van der Waals surface area contributed by atoms with E-state index in [9.17, 15) is 9.59 Å². The number of aryl methyl sites for hydroxylation is 1. The second-order valence-electron chi connectivity index (χ2n) is 6.05. The van der Waals surface area contributed by atoms with Gasteiger partial charge in [0.1, 0.15) is 5.75 Å². The summed E-state index contributed by atoms with van der Waals surface area (Å²) in [6.45, 7) is 6.87. The van der Waals surface area contributed by atoms with Crippen LogP contribution >= 0.6 is 0 Å². The molecule has 2 rings (SSSR count). The quantitative estimate of drug-likeness (QED) is 0.790. The molecule has 0 heterocycles. The van der Waals surface area contributed by atoms with Gasteiger partial charge >= 0.3 is 0 Å². The first kappa shape index (κ1) is 19.5. The summed E-state index contributed by atoms with van der Waals surface area (Å²) >= 11 is 0. The Labute approximate surface area is 155 Å². The smallest absolute Gasteiger partial charge is 0.223 e. The maximum Gasteiger partial charge on any atom is 0.223 e. The van der Waals surface area contributed by atoms with Gasteiger partial charge in [0.15, 0.2) is 0 Å². The van der Waals surface area contributed by atoms with Crippen molar-refractivity contribution in [1.82, 2.24) is 5.32 Å². The van der Waals surface area contributed by atoms with Gasteiger partial charge in [0.25, 0.3) is 0 Å². The normalized spacial score (nSPS) is 10.3. The number of amides is 2. The molecule has 2 aromatic carbocycles. The Morgan fingerprint density at radius 3 is 2.38 bits per heavy atom. The Balaban J connectivity index is 1.90. The Bertz CT molecular complexity index is 741. The molecule has 0 fully saturated rings. The van der Waals surface area contributed by atoms with Crippen molar-refractivity contribution < 1.29 is 14.3 Å². The molecule has 0 aliphatic carbocycles. The third-order valence-electron chi connectivity index (χ3n) is 4.14. The molecule has 0 spiro atoms. The van der Waals surface area contributed by atoms with Crippen LogP contribution in [0.15, 0.2) is 48.5 Å². The Morgan fingerprint density at radius 1 is 1.08 bits per heavy atom. The maximum absolute atomic E-state index is 12.2. The van der Waals surface area contributed by atoms with Crippen LogP contribution in [0.3, 0.4) is 0 Å². The van der Waals surface area contributed by atoms with Crippen LogP contribution in [0.25, 0.3) is 0 Å². The van der Waals surface area contributed by atoms with E-state index in [0.29, 0.717) is 19.7 Å². The third-order valence-corrected chi connectivity index (χ3v) is 4.14. The van der Waals surface area contributed by atoms with Gasteiger partial charge in [-0.05, 0) is 49.2 Å².